The number of amides is 2. The van der Waals surface area contributed by atoms with E-state index in [0.29, 0.717) is 17.1 Å². The lowest BCUT2D eigenvalue weighted by molar-refractivity contribution is -0.910. The smallest absolute Gasteiger partial charge is 0.253 e. The zero-order chi connectivity index (χ0) is 19.6. The van der Waals surface area contributed by atoms with E-state index in [1.807, 2.05) is 12.1 Å². The highest BCUT2D eigenvalue weighted by molar-refractivity contribution is 6.33. The molecule has 0 radical (unpaired) electrons. The van der Waals surface area contributed by atoms with Gasteiger partial charge in [-0.15, -0.1) is 0 Å². The van der Waals surface area contributed by atoms with Gasteiger partial charge in [0.15, 0.2) is 0 Å². The Hall–Kier alpha value is -2.37. The first-order valence-corrected chi connectivity index (χ1v) is 9.62. The second-order valence-corrected chi connectivity index (χ2v) is 6.80. The summed E-state index contributed by atoms with van der Waals surface area (Å²) < 4.78 is 0. The lowest BCUT2D eigenvalue weighted by atomic mass is 10.1. The molecule has 6 heteroatoms. The standard InChI is InChI=1S/C21H26ClN3O2/c1-3-25(4-2)15-17-11-9-16(10-12-17)13-23-20(26)14-24-21(27)18-7-5-6-8-19(18)22/h5-12H,3-4,13-15H2,1-2H3,(H,23,26)(H,24,27)/p+1. The zero-order valence-electron chi connectivity index (χ0n) is 15.8. The van der Waals surface area contributed by atoms with E-state index in [9.17, 15) is 9.59 Å². The third-order valence-electron chi connectivity index (χ3n) is 4.49. The van der Waals surface area contributed by atoms with Gasteiger partial charge in [0.05, 0.1) is 30.2 Å². The van der Waals surface area contributed by atoms with Crippen LogP contribution in [-0.2, 0) is 17.9 Å². The number of halogens is 1. The van der Waals surface area contributed by atoms with E-state index in [2.05, 4.69) is 36.6 Å². The highest BCUT2D eigenvalue weighted by Crippen LogP contribution is 2.14. The van der Waals surface area contributed by atoms with Crippen molar-refractivity contribution >= 4 is 23.4 Å². The Kier molecular flexibility index (Phi) is 8.30. The quantitative estimate of drug-likeness (QED) is 0.613. The molecule has 2 rings (SSSR count). The molecule has 0 aromatic heterocycles. The van der Waals surface area contributed by atoms with Gasteiger partial charge >= 0.3 is 0 Å². The Morgan fingerprint density at radius 2 is 1.56 bits per heavy atom. The second kappa shape index (κ2) is 10.7. The minimum Gasteiger partial charge on any atom is -0.350 e. The first-order valence-electron chi connectivity index (χ1n) is 9.24. The maximum Gasteiger partial charge on any atom is 0.253 e. The lowest BCUT2D eigenvalue weighted by Gasteiger charge is -2.15. The maximum absolute atomic E-state index is 12.0. The van der Waals surface area contributed by atoms with Gasteiger partial charge in [-0.2, -0.15) is 0 Å². The molecular weight excluding hydrogens is 362 g/mol. The Bertz CT molecular complexity index is 758. The van der Waals surface area contributed by atoms with Gasteiger partial charge in [-0.25, -0.2) is 0 Å². The van der Waals surface area contributed by atoms with Crippen LogP contribution in [0.2, 0.25) is 5.02 Å². The first-order chi connectivity index (χ1) is 13.0. The molecule has 3 N–H and O–H groups in total. The number of benzene rings is 2. The first kappa shape index (κ1) is 20.9. The van der Waals surface area contributed by atoms with Gasteiger partial charge < -0.3 is 15.5 Å². The van der Waals surface area contributed by atoms with Gasteiger partial charge in [0, 0.05) is 12.1 Å². The molecule has 27 heavy (non-hydrogen) atoms. The van der Waals surface area contributed by atoms with Gasteiger partial charge in [-0.1, -0.05) is 48.0 Å². The van der Waals surface area contributed by atoms with Crippen molar-refractivity contribution in [2.75, 3.05) is 19.6 Å². The number of hydrogen-bond donors (Lipinski definition) is 3. The highest BCUT2D eigenvalue weighted by Gasteiger charge is 2.11. The van der Waals surface area contributed by atoms with Gasteiger partial charge in [0.2, 0.25) is 5.91 Å². The van der Waals surface area contributed by atoms with Crippen LogP contribution in [0.15, 0.2) is 48.5 Å². The average Bonchev–Trinajstić information content (AvgIpc) is 2.69. The second-order valence-electron chi connectivity index (χ2n) is 6.39. The predicted octanol–water partition coefficient (Wildman–Crippen LogP) is 1.81. The zero-order valence-corrected chi connectivity index (χ0v) is 16.6. The third kappa shape index (κ3) is 6.70. The van der Waals surface area contributed by atoms with Crippen LogP contribution in [0.5, 0.6) is 0 Å². The van der Waals surface area contributed by atoms with Crippen molar-refractivity contribution < 1.29 is 14.5 Å². The molecule has 2 aromatic rings. The van der Waals surface area contributed by atoms with E-state index in [4.69, 9.17) is 11.6 Å². The number of hydrogen-bond acceptors (Lipinski definition) is 2. The molecule has 0 bridgehead atoms. The molecule has 0 saturated carbocycles. The van der Waals surface area contributed by atoms with Crippen molar-refractivity contribution in [2.45, 2.75) is 26.9 Å². The van der Waals surface area contributed by atoms with Gasteiger partial charge in [0.25, 0.3) is 5.91 Å². The fraction of sp³-hybridized carbons (Fsp3) is 0.333. The van der Waals surface area contributed by atoms with E-state index < -0.39 is 0 Å². The van der Waals surface area contributed by atoms with Gasteiger partial charge in [-0.3, -0.25) is 9.59 Å². The van der Waals surface area contributed by atoms with Crippen molar-refractivity contribution in [1.29, 1.82) is 0 Å². The Labute approximate surface area is 165 Å². The van der Waals surface area contributed by atoms with Gasteiger partial charge in [0.1, 0.15) is 6.54 Å². The molecule has 0 fully saturated rings. The van der Waals surface area contributed by atoms with Crippen molar-refractivity contribution in [2.24, 2.45) is 0 Å². The summed E-state index contributed by atoms with van der Waals surface area (Å²) in [5.74, 6) is -0.605. The summed E-state index contributed by atoms with van der Waals surface area (Å²) in [6.45, 7) is 7.93. The van der Waals surface area contributed by atoms with Crippen molar-refractivity contribution in [3.05, 3.63) is 70.2 Å². The third-order valence-corrected chi connectivity index (χ3v) is 4.82. The fourth-order valence-electron chi connectivity index (χ4n) is 2.73. The van der Waals surface area contributed by atoms with Crippen LogP contribution >= 0.6 is 11.6 Å². The molecule has 0 heterocycles. The SMILES string of the molecule is CC[NH+](CC)Cc1ccc(CNC(=O)CNC(=O)c2ccccc2Cl)cc1. The molecule has 5 nitrogen and oxygen atoms in total. The van der Waals surface area contributed by atoms with Gasteiger partial charge in [-0.05, 0) is 31.5 Å². The Morgan fingerprint density at radius 3 is 2.19 bits per heavy atom. The molecule has 2 amide bonds. The average molecular weight is 389 g/mol. The van der Waals surface area contributed by atoms with Crippen LogP contribution in [0.25, 0.3) is 0 Å². The maximum atomic E-state index is 12.0. The van der Waals surface area contributed by atoms with Crippen molar-refractivity contribution in [3.8, 4) is 0 Å². The summed E-state index contributed by atoms with van der Waals surface area (Å²) in [5, 5.41) is 5.76. The van der Waals surface area contributed by atoms with Crippen LogP contribution in [0.3, 0.4) is 0 Å². The van der Waals surface area contributed by atoms with Crippen LogP contribution in [0.4, 0.5) is 0 Å². The summed E-state index contributed by atoms with van der Waals surface area (Å²) in [5.41, 5.74) is 2.67. The van der Waals surface area contributed by atoms with E-state index in [1.54, 1.807) is 24.3 Å². The summed E-state index contributed by atoms with van der Waals surface area (Å²) >= 11 is 5.98. The van der Waals surface area contributed by atoms with E-state index in [-0.39, 0.29) is 18.4 Å². The fourth-order valence-corrected chi connectivity index (χ4v) is 2.95. The largest absolute Gasteiger partial charge is 0.350 e. The summed E-state index contributed by atoms with van der Waals surface area (Å²) in [6.07, 6.45) is 0. The molecule has 0 unspecified atom stereocenters. The number of carbonyl (C=O) groups is 2. The summed E-state index contributed by atoms with van der Waals surface area (Å²) in [7, 11) is 0. The monoisotopic (exact) mass is 388 g/mol. The minimum absolute atomic E-state index is 0.0898. The molecule has 0 aliphatic carbocycles. The summed E-state index contributed by atoms with van der Waals surface area (Å²) in [6, 6.07) is 15.0. The normalized spacial score (nSPS) is 10.7. The van der Waals surface area contributed by atoms with E-state index in [0.717, 1.165) is 25.2 Å². The molecule has 0 aliphatic heterocycles. The number of rotatable bonds is 9. The van der Waals surface area contributed by atoms with E-state index >= 15 is 0 Å². The minimum atomic E-state index is -0.362. The highest BCUT2D eigenvalue weighted by atomic mass is 35.5. The molecule has 0 aliphatic rings. The lowest BCUT2D eigenvalue weighted by Crippen LogP contribution is -3.10. The molecular formula is C21H27ClN3O2+. The molecule has 0 saturated heterocycles. The van der Waals surface area contributed by atoms with Crippen molar-refractivity contribution in [3.63, 3.8) is 0 Å². The molecule has 0 atom stereocenters. The number of nitrogens with one attached hydrogen (secondary N) is 3. The van der Waals surface area contributed by atoms with Crippen LogP contribution in [-0.4, -0.2) is 31.4 Å². The van der Waals surface area contributed by atoms with E-state index in [1.165, 1.54) is 10.5 Å². The predicted molar refractivity (Wildman–Crippen MR) is 108 cm³/mol. The molecule has 0 spiro atoms. The van der Waals surface area contributed by atoms with Crippen molar-refractivity contribution in [1.82, 2.24) is 10.6 Å². The molecule has 144 valence electrons. The Balaban J connectivity index is 1.77. The van der Waals surface area contributed by atoms with Crippen LogP contribution < -0.4 is 15.5 Å². The molecule has 2 aromatic carbocycles. The Morgan fingerprint density at radius 1 is 0.926 bits per heavy atom. The number of quaternary nitrogens is 1. The summed E-state index contributed by atoms with van der Waals surface area (Å²) in [4.78, 5) is 25.5. The van der Waals surface area contributed by atoms with Crippen LogP contribution in [0, 0.1) is 0 Å². The number of carbonyl (C=O) groups excluding carboxylic acids is 2. The topological polar surface area (TPSA) is 62.6 Å². The van der Waals surface area contributed by atoms with Crippen LogP contribution in [0.1, 0.15) is 35.3 Å².